The zero-order valence-corrected chi connectivity index (χ0v) is 50.9. The van der Waals surface area contributed by atoms with Gasteiger partial charge in [-0.15, -0.1) is 0 Å². The zero-order valence-electron chi connectivity index (χ0n) is 49.1. The monoisotopic (exact) mass is 1140 g/mol. The molecule has 6 atom stereocenters. The Bertz CT molecular complexity index is 1520. The summed E-state index contributed by atoms with van der Waals surface area (Å²) in [4.78, 5) is 71.6. The topological polar surface area (TPSA) is 237 Å². The summed E-state index contributed by atoms with van der Waals surface area (Å²) in [6, 6.07) is 0. The van der Waals surface area contributed by atoms with Crippen LogP contribution in [0.5, 0.6) is 0 Å². The van der Waals surface area contributed by atoms with Gasteiger partial charge in [0.15, 0.2) is 12.2 Å². The Hall–Kier alpha value is -1.94. The predicted octanol–water partition coefficient (Wildman–Crippen LogP) is 15.5. The van der Waals surface area contributed by atoms with Gasteiger partial charge in [0.25, 0.3) is 0 Å². The molecule has 0 bridgehead atoms. The Labute approximate surface area is 467 Å². The number of unbranched alkanes of at least 4 members (excludes halogenated alkanes) is 29. The van der Waals surface area contributed by atoms with Crippen molar-refractivity contribution in [3.05, 3.63) is 0 Å². The highest BCUT2D eigenvalue weighted by Crippen LogP contribution is 2.45. The van der Waals surface area contributed by atoms with Crippen LogP contribution in [0.2, 0.25) is 0 Å². The van der Waals surface area contributed by atoms with Gasteiger partial charge in [-0.05, 0) is 31.6 Å². The average molecular weight is 1140 g/mol. The highest BCUT2D eigenvalue weighted by atomic mass is 31.2. The van der Waals surface area contributed by atoms with Crippen molar-refractivity contribution in [3.8, 4) is 0 Å². The number of phosphoric ester groups is 2. The van der Waals surface area contributed by atoms with Gasteiger partial charge in [-0.1, -0.05) is 234 Å². The zero-order chi connectivity index (χ0) is 57.1. The Morgan fingerprint density at radius 1 is 0.364 bits per heavy atom. The number of ether oxygens (including phenoxy) is 4. The van der Waals surface area contributed by atoms with Crippen LogP contribution in [0.15, 0.2) is 0 Å². The van der Waals surface area contributed by atoms with Gasteiger partial charge in [0.05, 0.1) is 26.4 Å². The van der Waals surface area contributed by atoms with Crippen LogP contribution in [-0.4, -0.2) is 96.7 Å². The summed E-state index contributed by atoms with van der Waals surface area (Å²) in [6.07, 6.45) is 33.7. The van der Waals surface area contributed by atoms with Gasteiger partial charge >= 0.3 is 39.5 Å². The highest BCUT2D eigenvalue weighted by Gasteiger charge is 2.30. The Morgan fingerprint density at radius 3 is 0.922 bits per heavy atom. The first kappa shape index (κ1) is 75.1. The second kappa shape index (κ2) is 52.2. The Kier molecular flexibility index (Phi) is 50.8. The van der Waals surface area contributed by atoms with Gasteiger partial charge in [0.2, 0.25) is 0 Å². The molecule has 0 saturated heterocycles. The van der Waals surface area contributed by atoms with Crippen molar-refractivity contribution in [3.63, 3.8) is 0 Å². The predicted molar refractivity (Wildman–Crippen MR) is 303 cm³/mol. The molecule has 0 aliphatic heterocycles. The number of carbonyl (C=O) groups excluding carboxylic acids is 4. The van der Waals surface area contributed by atoms with E-state index >= 15 is 0 Å². The number of rotatable bonds is 58. The fourth-order valence-corrected chi connectivity index (χ4v) is 10.1. The lowest BCUT2D eigenvalue weighted by Crippen LogP contribution is -2.30. The smallest absolute Gasteiger partial charge is 0.462 e. The van der Waals surface area contributed by atoms with Gasteiger partial charge in [-0.2, -0.15) is 0 Å². The van der Waals surface area contributed by atoms with E-state index < -0.39 is 97.5 Å². The average Bonchev–Trinajstić information content (AvgIpc) is 3.40. The van der Waals surface area contributed by atoms with E-state index in [1.54, 1.807) is 0 Å². The van der Waals surface area contributed by atoms with Gasteiger partial charge in [0.1, 0.15) is 19.3 Å². The molecule has 0 aliphatic carbocycles. The normalized spacial score (nSPS) is 14.8. The summed E-state index contributed by atoms with van der Waals surface area (Å²) in [5.41, 5.74) is 0. The molecule has 77 heavy (non-hydrogen) atoms. The van der Waals surface area contributed by atoms with Crippen molar-refractivity contribution in [2.24, 2.45) is 5.92 Å². The van der Waals surface area contributed by atoms with Gasteiger partial charge in [0, 0.05) is 25.7 Å². The first-order valence-electron chi connectivity index (χ1n) is 30.7. The van der Waals surface area contributed by atoms with E-state index in [1.807, 2.05) is 0 Å². The molecule has 0 rings (SSSR count). The molecule has 456 valence electrons. The molecule has 0 saturated carbocycles. The molecule has 0 spiro atoms. The molecule has 0 aliphatic rings. The molecular weight excluding hydrogens is 1030 g/mol. The first-order chi connectivity index (χ1) is 37.1. The lowest BCUT2D eigenvalue weighted by molar-refractivity contribution is -0.161. The molecule has 17 nitrogen and oxygen atoms in total. The molecule has 19 heteroatoms. The molecule has 3 unspecified atom stereocenters. The largest absolute Gasteiger partial charge is 0.472 e. The van der Waals surface area contributed by atoms with E-state index in [4.69, 9.17) is 37.0 Å². The summed E-state index contributed by atoms with van der Waals surface area (Å²) in [5.74, 6) is -1.38. The van der Waals surface area contributed by atoms with Crippen molar-refractivity contribution >= 4 is 39.5 Å². The van der Waals surface area contributed by atoms with Crippen LogP contribution < -0.4 is 0 Å². The minimum atomic E-state index is -4.94. The van der Waals surface area contributed by atoms with Crippen molar-refractivity contribution in [1.29, 1.82) is 0 Å². The number of esters is 4. The van der Waals surface area contributed by atoms with E-state index in [0.29, 0.717) is 25.7 Å². The maximum absolute atomic E-state index is 12.9. The van der Waals surface area contributed by atoms with Gasteiger partial charge < -0.3 is 33.8 Å². The minimum Gasteiger partial charge on any atom is -0.462 e. The fourth-order valence-electron chi connectivity index (χ4n) is 8.49. The number of hydrogen-bond donors (Lipinski definition) is 3. The van der Waals surface area contributed by atoms with Crippen LogP contribution >= 0.6 is 15.6 Å². The minimum absolute atomic E-state index is 0.105. The second-order valence-corrected chi connectivity index (χ2v) is 24.2. The quantitative estimate of drug-likeness (QED) is 0.0222. The molecule has 3 N–H and O–H groups in total. The summed E-state index contributed by atoms with van der Waals surface area (Å²) < 4.78 is 67.5. The van der Waals surface area contributed by atoms with Crippen LogP contribution in [0.1, 0.15) is 285 Å². The van der Waals surface area contributed by atoms with E-state index in [2.05, 4.69) is 34.6 Å². The number of aliphatic hydroxyl groups is 1. The first-order valence-corrected chi connectivity index (χ1v) is 33.7. The summed E-state index contributed by atoms with van der Waals surface area (Å²) in [7, 11) is -9.86. The molecule has 0 heterocycles. The third-order valence-electron chi connectivity index (χ3n) is 13.6. The summed E-state index contributed by atoms with van der Waals surface area (Å²) in [6.45, 7) is 7.04. The van der Waals surface area contributed by atoms with Gasteiger partial charge in [-0.25, -0.2) is 9.13 Å². The molecular formula is C58H112O17P2. The fraction of sp³-hybridized carbons (Fsp3) is 0.931. The number of aliphatic hydroxyl groups excluding tert-OH is 1. The molecule has 0 radical (unpaired) electrons. The van der Waals surface area contributed by atoms with Crippen molar-refractivity contribution in [2.75, 3.05) is 39.6 Å². The Morgan fingerprint density at radius 2 is 0.623 bits per heavy atom. The van der Waals surface area contributed by atoms with E-state index in [-0.39, 0.29) is 25.7 Å². The van der Waals surface area contributed by atoms with Crippen LogP contribution in [0.25, 0.3) is 0 Å². The Balaban J connectivity index is 5.19. The summed E-state index contributed by atoms with van der Waals surface area (Å²) in [5, 5.41) is 10.5. The van der Waals surface area contributed by atoms with E-state index in [9.17, 15) is 43.2 Å². The molecule has 0 aromatic heterocycles. The number of phosphoric acid groups is 2. The third-order valence-corrected chi connectivity index (χ3v) is 15.5. The lowest BCUT2D eigenvalue weighted by atomic mass is 9.99. The van der Waals surface area contributed by atoms with Crippen LogP contribution in [0, 0.1) is 5.92 Å². The van der Waals surface area contributed by atoms with Crippen LogP contribution in [0.3, 0.4) is 0 Å². The van der Waals surface area contributed by atoms with E-state index in [0.717, 1.165) is 102 Å². The maximum atomic E-state index is 12.9. The third kappa shape index (κ3) is 51.9. The lowest BCUT2D eigenvalue weighted by Gasteiger charge is -2.21. The van der Waals surface area contributed by atoms with Crippen molar-refractivity contribution in [1.82, 2.24) is 0 Å². The molecule has 0 amide bonds. The molecule has 0 aromatic rings. The van der Waals surface area contributed by atoms with Crippen LogP contribution in [0.4, 0.5) is 0 Å². The number of hydrogen-bond acceptors (Lipinski definition) is 15. The maximum Gasteiger partial charge on any atom is 0.472 e. The molecule has 0 aromatic carbocycles. The van der Waals surface area contributed by atoms with Crippen molar-refractivity contribution < 1.29 is 80.2 Å². The summed E-state index contributed by atoms with van der Waals surface area (Å²) >= 11 is 0. The van der Waals surface area contributed by atoms with E-state index in [1.165, 1.54) is 103 Å². The van der Waals surface area contributed by atoms with Crippen LogP contribution in [-0.2, 0) is 65.4 Å². The standard InChI is InChI=1S/C58H112O17P2/c1-6-10-13-16-18-20-22-27-32-37-42-56(61)69-48-54(75-58(63)44-39-34-29-25-24-26-31-35-40-51(5)9-4)50-73-77(66,67)71-46-52(59)45-70-76(64,65)72-49-53(47-68-55(60)41-36-30-15-12-8-3)74-57(62)43-38-33-28-23-21-19-17-14-11-7-2/h51-54,59H,6-50H2,1-5H3,(H,64,65)(H,66,67)/t51?,52-,53+,54+/m0/s1. The van der Waals surface area contributed by atoms with Crippen molar-refractivity contribution in [2.45, 2.75) is 303 Å². The molecule has 0 fully saturated rings. The second-order valence-electron chi connectivity index (χ2n) is 21.3. The highest BCUT2D eigenvalue weighted by molar-refractivity contribution is 7.47. The SMILES string of the molecule is CCCCCCCCCCCCC(=O)OC[C@H](COP(=O)(O)OC[C@@H](O)COP(=O)(O)OC[C@@H](COC(=O)CCCCCCC)OC(=O)CCCCCCCCCCCC)OC(=O)CCCCCCCCCCC(C)CC. The number of carbonyl (C=O) groups is 4. The van der Waals surface area contributed by atoms with Gasteiger partial charge in [-0.3, -0.25) is 37.3 Å².